The molecule has 5 heteroatoms. The molecule has 1 saturated carbocycles. The predicted molar refractivity (Wildman–Crippen MR) is 70.5 cm³/mol. The van der Waals surface area contributed by atoms with Gasteiger partial charge in [0, 0.05) is 18.8 Å². The lowest BCUT2D eigenvalue weighted by Crippen LogP contribution is -2.30. The summed E-state index contributed by atoms with van der Waals surface area (Å²) in [6.45, 7) is 0.782. The van der Waals surface area contributed by atoms with Gasteiger partial charge in [0.1, 0.15) is 5.69 Å². The summed E-state index contributed by atoms with van der Waals surface area (Å²) in [5.41, 5.74) is 7.22. The first-order valence-corrected chi connectivity index (χ1v) is 6.34. The van der Waals surface area contributed by atoms with Crippen LogP contribution in [0.4, 0.5) is 0 Å². The molecule has 18 heavy (non-hydrogen) atoms. The second-order valence-electron chi connectivity index (χ2n) is 4.85. The molecule has 1 aliphatic rings. The Kier molecular flexibility index (Phi) is 4.15. The van der Waals surface area contributed by atoms with Crippen LogP contribution in [0.15, 0.2) is 23.5 Å². The van der Waals surface area contributed by atoms with Crippen molar-refractivity contribution >= 4 is 5.84 Å². The predicted octanol–water partition coefficient (Wildman–Crippen LogP) is 1.55. The first kappa shape index (κ1) is 12.8. The van der Waals surface area contributed by atoms with Crippen LogP contribution >= 0.6 is 0 Å². The third-order valence-corrected chi connectivity index (χ3v) is 3.61. The SMILES string of the molecule is CN(Cc1cccnc1C(N)=NO)C1CCCC1. The normalized spacial score (nSPS) is 17.6. The summed E-state index contributed by atoms with van der Waals surface area (Å²) < 4.78 is 0. The van der Waals surface area contributed by atoms with Crippen LogP contribution in [-0.2, 0) is 6.54 Å². The molecular weight excluding hydrogens is 228 g/mol. The zero-order chi connectivity index (χ0) is 13.0. The van der Waals surface area contributed by atoms with Crippen LogP contribution in [0, 0.1) is 0 Å². The van der Waals surface area contributed by atoms with Crippen molar-refractivity contribution in [3.05, 3.63) is 29.6 Å². The highest BCUT2D eigenvalue weighted by molar-refractivity contribution is 5.96. The van der Waals surface area contributed by atoms with E-state index in [0.29, 0.717) is 11.7 Å². The van der Waals surface area contributed by atoms with Gasteiger partial charge in [-0.1, -0.05) is 24.1 Å². The molecule has 1 aromatic rings. The highest BCUT2D eigenvalue weighted by Crippen LogP contribution is 2.24. The Morgan fingerprint density at radius 1 is 1.56 bits per heavy atom. The first-order valence-electron chi connectivity index (χ1n) is 6.34. The van der Waals surface area contributed by atoms with Crippen molar-refractivity contribution in [3.8, 4) is 0 Å². The lowest BCUT2D eigenvalue weighted by Gasteiger charge is -2.24. The smallest absolute Gasteiger partial charge is 0.189 e. The van der Waals surface area contributed by atoms with Gasteiger partial charge in [-0.05, 0) is 31.5 Å². The molecule has 1 aromatic heterocycles. The molecule has 3 N–H and O–H groups in total. The number of aromatic nitrogens is 1. The first-order chi connectivity index (χ1) is 8.72. The van der Waals surface area contributed by atoms with Gasteiger partial charge in [0.25, 0.3) is 0 Å². The molecule has 1 heterocycles. The van der Waals surface area contributed by atoms with Crippen LogP contribution in [0.2, 0.25) is 0 Å². The van der Waals surface area contributed by atoms with Crippen LogP contribution in [0.1, 0.15) is 36.9 Å². The fraction of sp³-hybridized carbons (Fsp3) is 0.538. The second kappa shape index (κ2) is 5.82. The van der Waals surface area contributed by atoms with Crippen molar-refractivity contribution in [1.82, 2.24) is 9.88 Å². The number of amidine groups is 1. The molecule has 0 atom stereocenters. The van der Waals surface area contributed by atoms with E-state index in [2.05, 4.69) is 22.1 Å². The monoisotopic (exact) mass is 248 g/mol. The van der Waals surface area contributed by atoms with Crippen molar-refractivity contribution in [2.75, 3.05) is 7.05 Å². The average Bonchev–Trinajstić information content (AvgIpc) is 2.92. The number of pyridine rings is 1. The maximum absolute atomic E-state index is 8.77. The molecule has 0 spiro atoms. The van der Waals surface area contributed by atoms with E-state index in [1.54, 1.807) is 6.20 Å². The summed E-state index contributed by atoms with van der Waals surface area (Å²) in [7, 11) is 2.12. The molecule has 2 rings (SSSR count). The van der Waals surface area contributed by atoms with Crippen LogP contribution in [0.5, 0.6) is 0 Å². The summed E-state index contributed by atoms with van der Waals surface area (Å²) in [6.07, 6.45) is 6.81. The standard InChI is InChI=1S/C13H20N4O/c1-17(11-6-2-3-7-11)9-10-5-4-8-15-12(10)13(14)16-18/h4-5,8,11,18H,2-3,6-7,9H2,1H3,(H2,14,16). The number of hydrogen-bond acceptors (Lipinski definition) is 4. The third-order valence-electron chi connectivity index (χ3n) is 3.61. The van der Waals surface area contributed by atoms with Gasteiger partial charge in [0.15, 0.2) is 5.84 Å². The van der Waals surface area contributed by atoms with Gasteiger partial charge in [-0.25, -0.2) is 0 Å². The molecule has 0 unspecified atom stereocenters. The largest absolute Gasteiger partial charge is 0.409 e. The van der Waals surface area contributed by atoms with Crippen molar-refractivity contribution in [2.24, 2.45) is 10.9 Å². The van der Waals surface area contributed by atoms with Gasteiger partial charge in [0.05, 0.1) is 0 Å². The van der Waals surface area contributed by atoms with E-state index >= 15 is 0 Å². The third kappa shape index (κ3) is 2.79. The fourth-order valence-corrected chi connectivity index (χ4v) is 2.59. The Morgan fingerprint density at radius 2 is 2.28 bits per heavy atom. The quantitative estimate of drug-likeness (QED) is 0.367. The number of nitrogens with two attached hydrogens (primary N) is 1. The Balaban J connectivity index is 2.13. The van der Waals surface area contributed by atoms with Crippen molar-refractivity contribution in [1.29, 1.82) is 0 Å². The van der Waals surface area contributed by atoms with Crippen LogP contribution in [-0.4, -0.2) is 34.0 Å². The van der Waals surface area contributed by atoms with Crippen molar-refractivity contribution < 1.29 is 5.21 Å². The number of oxime groups is 1. The Bertz CT molecular complexity index is 427. The minimum absolute atomic E-state index is 0.0745. The molecule has 0 bridgehead atoms. The topological polar surface area (TPSA) is 74.7 Å². The van der Waals surface area contributed by atoms with E-state index in [1.165, 1.54) is 25.7 Å². The minimum Gasteiger partial charge on any atom is -0.409 e. The van der Waals surface area contributed by atoms with Gasteiger partial charge in [-0.15, -0.1) is 0 Å². The van der Waals surface area contributed by atoms with E-state index in [0.717, 1.165) is 12.1 Å². The van der Waals surface area contributed by atoms with Gasteiger partial charge in [-0.2, -0.15) is 0 Å². The summed E-state index contributed by atoms with van der Waals surface area (Å²) in [6, 6.07) is 4.50. The van der Waals surface area contributed by atoms with Crippen LogP contribution in [0.3, 0.4) is 0 Å². The van der Waals surface area contributed by atoms with E-state index < -0.39 is 0 Å². The van der Waals surface area contributed by atoms with Crippen molar-refractivity contribution in [2.45, 2.75) is 38.3 Å². The molecule has 0 amide bonds. The van der Waals surface area contributed by atoms with Gasteiger partial charge in [0.2, 0.25) is 0 Å². The van der Waals surface area contributed by atoms with Gasteiger partial charge >= 0.3 is 0 Å². The number of rotatable bonds is 4. The number of hydrogen-bond donors (Lipinski definition) is 2. The van der Waals surface area contributed by atoms with Crippen molar-refractivity contribution in [3.63, 3.8) is 0 Å². The molecule has 0 aromatic carbocycles. The zero-order valence-corrected chi connectivity index (χ0v) is 10.7. The summed E-state index contributed by atoms with van der Waals surface area (Å²) in [4.78, 5) is 6.52. The summed E-state index contributed by atoms with van der Waals surface area (Å²) >= 11 is 0. The summed E-state index contributed by atoms with van der Waals surface area (Å²) in [5, 5.41) is 11.8. The Labute approximate surface area is 107 Å². The summed E-state index contributed by atoms with van der Waals surface area (Å²) in [5.74, 6) is 0.0745. The van der Waals surface area contributed by atoms with E-state index in [1.807, 2.05) is 12.1 Å². The second-order valence-corrected chi connectivity index (χ2v) is 4.85. The van der Waals surface area contributed by atoms with Crippen LogP contribution < -0.4 is 5.73 Å². The lowest BCUT2D eigenvalue weighted by atomic mass is 10.1. The molecule has 5 nitrogen and oxygen atoms in total. The number of nitrogens with zero attached hydrogens (tertiary/aromatic N) is 3. The van der Waals surface area contributed by atoms with E-state index in [4.69, 9.17) is 10.9 Å². The van der Waals surface area contributed by atoms with E-state index in [9.17, 15) is 0 Å². The molecule has 98 valence electrons. The highest BCUT2D eigenvalue weighted by Gasteiger charge is 2.20. The average molecular weight is 248 g/mol. The lowest BCUT2D eigenvalue weighted by molar-refractivity contribution is 0.237. The molecular formula is C13H20N4O. The van der Waals surface area contributed by atoms with Crippen LogP contribution in [0.25, 0.3) is 0 Å². The van der Waals surface area contributed by atoms with Gasteiger partial charge < -0.3 is 10.9 Å². The maximum Gasteiger partial charge on any atom is 0.189 e. The molecule has 1 fully saturated rings. The Morgan fingerprint density at radius 3 is 2.94 bits per heavy atom. The Hall–Kier alpha value is -1.62. The molecule has 1 aliphatic carbocycles. The molecule has 0 aliphatic heterocycles. The highest BCUT2D eigenvalue weighted by atomic mass is 16.4. The maximum atomic E-state index is 8.77. The van der Waals surface area contributed by atoms with Gasteiger partial charge in [-0.3, -0.25) is 9.88 Å². The molecule has 0 radical (unpaired) electrons. The zero-order valence-electron chi connectivity index (χ0n) is 10.7. The molecule has 0 saturated heterocycles. The van der Waals surface area contributed by atoms with E-state index in [-0.39, 0.29) is 5.84 Å². The fourth-order valence-electron chi connectivity index (χ4n) is 2.59. The minimum atomic E-state index is 0.0745.